The molecule has 2 aliphatic rings. The number of piperidine rings is 2. The van der Waals surface area contributed by atoms with Crippen molar-refractivity contribution in [1.82, 2.24) is 9.80 Å². The van der Waals surface area contributed by atoms with Crippen LogP contribution in [0.15, 0.2) is 42.5 Å². The molecule has 0 radical (unpaired) electrons. The van der Waals surface area contributed by atoms with E-state index >= 15 is 0 Å². The minimum atomic E-state index is -0.990. The predicted octanol–water partition coefficient (Wildman–Crippen LogP) is 5.67. The van der Waals surface area contributed by atoms with Gasteiger partial charge in [-0.25, -0.2) is 8.78 Å². The van der Waals surface area contributed by atoms with Crippen molar-refractivity contribution in [1.29, 1.82) is 0 Å². The first-order chi connectivity index (χ1) is 18.3. The normalized spacial score (nSPS) is 17.5. The standard InChI is InChI=1S/C30H38ClF2N3O2/c1-22-3-8-27(20-28(22)31)36(30(38)25-11-17-35(18-12-25)29(37)21-32)14-2-13-34-15-9-24(10-16-34)19-23-4-6-26(33)7-5-23/h3-8,20,24-25H,2,9-19,21H2,1H3. The molecule has 2 aliphatic heterocycles. The second-order valence-electron chi connectivity index (χ2n) is 10.7. The molecule has 5 nitrogen and oxygen atoms in total. The van der Waals surface area contributed by atoms with E-state index in [9.17, 15) is 18.4 Å². The van der Waals surface area contributed by atoms with Crippen LogP contribution in [0.4, 0.5) is 14.5 Å². The van der Waals surface area contributed by atoms with Crippen LogP contribution in [-0.2, 0) is 16.0 Å². The van der Waals surface area contributed by atoms with E-state index in [1.165, 1.54) is 22.6 Å². The third kappa shape index (κ3) is 7.54. The Hall–Kier alpha value is -2.51. The van der Waals surface area contributed by atoms with E-state index < -0.39 is 12.6 Å². The van der Waals surface area contributed by atoms with Gasteiger partial charge in [0.25, 0.3) is 5.91 Å². The Balaban J connectivity index is 1.31. The number of amides is 2. The Kier molecular flexibility index (Phi) is 10.1. The lowest BCUT2D eigenvalue weighted by atomic mass is 9.90. The van der Waals surface area contributed by atoms with Gasteiger partial charge in [-0.1, -0.05) is 29.8 Å². The minimum Gasteiger partial charge on any atom is -0.340 e. The molecule has 0 atom stereocenters. The first-order valence-electron chi connectivity index (χ1n) is 13.7. The Morgan fingerprint density at radius 3 is 2.32 bits per heavy atom. The highest BCUT2D eigenvalue weighted by Crippen LogP contribution is 2.28. The lowest BCUT2D eigenvalue weighted by molar-refractivity contribution is -0.135. The van der Waals surface area contributed by atoms with Crippen LogP contribution in [0.25, 0.3) is 0 Å². The quantitative estimate of drug-likeness (QED) is 0.407. The van der Waals surface area contributed by atoms with Crippen molar-refractivity contribution in [3.8, 4) is 0 Å². The van der Waals surface area contributed by atoms with E-state index in [2.05, 4.69) is 4.90 Å². The number of hydrogen-bond donors (Lipinski definition) is 0. The van der Waals surface area contributed by atoms with Crippen molar-refractivity contribution in [3.05, 3.63) is 64.4 Å². The zero-order valence-electron chi connectivity index (χ0n) is 22.2. The fraction of sp³-hybridized carbons (Fsp3) is 0.533. The number of anilines is 1. The number of carbonyl (C=O) groups is 2. The van der Waals surface area contributed by atoms with Crippen molar-refractivity contribution in [3.63, 3.8) is 0 Å². The van der Waals surface area contributed by atoms with Crippen LogP contribution >= 0.6 is 11.6 Å². The highest BCUT2D eigenvalue weighted by atomic mass is 35.5. The Morgan fingerprint density at radius 1 is 1.00 bits per heavy atom. The van der Waals surface area contributed by atoms with Crippen molar-refractivity contribution >= 4 is 29.1 Å². The van der Waals surface area contributed by atoms with Crippen LogP contribution in [0.1, 0.15) is 43.2 Å². The minimum absolute atomic E-state index is 0.0512. The van der Waals surface area contributed by atoms with E-state index in [0.717, 1.165) is 56.6 Å². The maximum atomic E-state index is 13.6. The summed E-state index contributed by atoms with van der Waals surface area (Å²) in [7, 11) is 0. The number of halogens is 3. The molecule has 2 saturated heterocycles. The Morgan fingerprint density at radius 2 is 1.68 bits per heavy atom. The zero-order valence-corrected chi connectivity index (χ0v) is 22.9. The number of likely N-dealkylation sites (tertiary alicyclic amines) is 2. The van der Waals surface area contributed by atoms with Crippen LogP contribution in [-0.4, -0.2) is 67.6 Å². The monoisotopic (exact) mass is 545 g/mol. The largest absolute Gasteiger partial charge is 0.340 e. The van der Waals surface area contributed by atoms with Crippen molar-refractivity contribution in [2.75, 3.05) is 50.8 Å². The topological polar surface area (TPSA) is 43.9 Å². The second-order valence-corrected chi connectivity index (χ2v) is 11.1. The average molecular weight is 546 g/mol. The summed E-state index contributed by atoms with van der Waals surface area (Å²) in [6.07, 6.45) is 5.15. The van der Waals surface area contributed by atoms with Gasteiger partial charge >= 0.3 is 0 Å². The summed E-state index contributed by atoms with van der Waals surface area (Å²) in [5.74, 6) is -0.225. The molecule has 0 saturated carbocycles. The third-order valence-corrected chi connectivity index (χ3v) is 8.45. The molecule has 0 aliphatic carbocycles. The van der Waals surface area contributed by atoms with Crippen LogP contribution in [0.2, 0.25) is 5.02 Å². The molecule has 2 aromatic carbocycles. The van der Waals surface area contributed by atoms with Crippen LogP contribution < -0.4 is 4.90 Å². The third-order valence-electron chi connectivity index (χ3n) is 8.05. The number of hydrogen-bond acceptors (Lipinski definition) is 3. The highest BCUT2D eigenvalue weighted by Gasteiger charge is 2.31. The molecule has 2 aromatic rings. The van der Waals surface area contributed by atoms with Crippen LogP contribution in [0, 0.1) is 24.6 Å². The number of benzene rings is 2. The molecule has 0 bridgehead atoms. The molecule has 0 spiro atoms. The molecule has 0 aromatic heterocycles. The number of nitrogens with zero attached hydrogens (tertiary/aromatic N) is 3. The number of rotatable bonds is 9. The van der Waals surface area contributed by atoms with E-state index in [4.69, 9.17) is 11.6 Å². The van der Waals surface area contributed by atoms with Crippen LogP contribution in [0.3, 0.4) is 0 Å². The summed E-state index contributed by atoms with van der Waals surface area (Å²) in [6.45, 7) is 5.33. The van der Waals surface area contributed by atoms with Crippen molar-refractivity contribution < 1.29 is 18.4 Å². The van der Waals surface area contributed by atoms with Gasteiger partial charge in [0.05, 0.1) is 0 Å². The molecule has 2 amide bonds. The van der Waals surface area contributed by atoms with E-state index in [1.807, 2.05) is 42.2 Å². The fourth-order valence-electron chi connectivity index (χ4n) is 5.62. The summed E-state index contributed by atoms with van der Waals surface area (Å²) in [4.78, 5) is 31.2. The van der Waals surface area contributed by atoms with Gasteiger partial charge in [-0.15, -0.1) is 0 Å². The maximum absolute atomic E-state index is 13.6. The molecular formula is C30H38ClF2N3O2. The smallest absolute Gasteiger partial charge is 0.253 e. The Bertz CT molecular complexity index is 1080. The van der Waals surface area contributed by atoms with Gasteiger partial charge in [-0.05, 0) is 106 Å². The SMILES string of the molecule is Cc1ccc(N(CCCN2CCC(Cc3ccc(F)cc3)CC2)C(=O)C2CCN(C(=O)CF)CC2)cc1Cl. The number of aryl methyl sites for hydroxylation is 1. The van der Waals surface area contributed by atoms with Gasteiger partial charge in [-0.2, -0.15) is 0 Å². The first-order valence-corrected chi connectivity index (χ1v) is 14.1. The molecule has 38 heavy (non-hydrogen) atoms. The molecule has 0 unspecified atom stereocenters. The average Bonchev–Trinajstić information content (AvgIpc) is 2.94. The van der Waals surface area contributed by atoms with Gasteiger partial charge < -0.3 is 14.7 Å². The predicted molar refractivity (Wildman–Crippen MR) is 148 cm³/mol. The molecule has 0 N–H and O–H groups in total. The summed E-state index contributed by atoms with van der Waals surface area (Å²) in [5.41, 5.74) is 2.95. The summed E-state index contributed by atoms with van der Waals surface area (Å²) >= 11 is 6.41. The Labute approximate surface area is 229 Å². The number of carbonyl (C=O) groups excluding carboxylic acids is 2. The van der Waals surface area contributed by atoms with E-state index in [0.29, 0.717) is 43.4 Å². The highest BCUT2D eigenvalue weighted by molar-refractivity contribution is 6.31. The zero-order chi connectivity index (χ0) is 27.1. The van der Waals surface area contributed by atoms with Crippen molar-refractivity contribution in [2.45, 2.75) is 45.4 Å². The number of alkyl halides is 1. The van der Waals surface area contributed by atoms with Gasteiger partial charge in [0.2, 0.25) is 5.91 Å². The van der Waals surface area contributed by atoms with E-state index in [1.54, 1.807) is 0 Å². The molecule has 2 fully saturated rings. The lowest BCUT2D eigenvalue weighted by Crippen LogP contribution is -2.45. The summed E-state index contributed by atoms with van der Waals surface area (Å²) in [5, 5.41) is 0.631. The van der Waals surface area contributed by atoms with Gasteiger partial charge in [0.15, 0.2) is 6.67 Å². The molecule has 4 rings (SSSR count). The van der Waals surface area contributed by atoms with Crippen LogP contribution in [0.5, 0.6) is 0 Å². The van der Waals surface area contributed by atoms with Gasteiger partial charge in [0.1, 0.15) is 5.82 Å². The van der Waals surface area contributed by atoms with Crippen molar-refractivity contribution in [2.24, 2.45) is 11.8 Å². The molecule has 8 heteroatoms. The second kappa shape index (κ2) is 13.5. The lowest BCUT2D eigenvalue weighted by Gasteiger charge is -2.35. The van der Waals surface area contributed by atoms with Gasteiger partial charge in [-0.3, -0.25) is 9.59 Å². The first kappa shape index (κ1) is 28.5. The maximum Gasteiger partial charge on any atom is 0.253 e. The fourth-order valence-corrected chi connectivity index (χ4v) is 5.79. The summed E-state index contributed by atoms with van der Waals surface area (Å²) < 4.78 is 26.0. The summed E-state index contributed by atoms with van der Waals surface area (Å²) in [6, 6.07) is 12.6. The van der Waals surface area contributed by atoms with Gasteiger partial charge in [0, 0.05) is 36.3 Å². The molecule has 2 heterocycles. The van der Waals surface area contributed by atoms with E-state index in [-0.39, 0.29) is 17.6 Å². The molecule has 206 valence electrons. The molecular weight excluding hydrogens is 508 g/mol.